The zero-order chi connectivity index (χ0) is 30.4. The molecule has 1 heterocycles. The van der Waals surface area contributed by atoms with Crippen molar-refractivity contribution in [2.24, 2.45) is 0 Å². The Bertz CT molecular complexity index is 1280. The predicted octanol–water partition coefficient (Wildman–Crippen LogP) is 9.88. The number of rotatable bonds is 3. The van der Waals surface area contributed by atoms with Crippen molar-refractivity contribution in [3.63, 3.8) is 0 Å². The summed E-state index contributed by atoms with van der Waals surface area (Å²) in [6.07, 6.45) is 2.64. The van der Waals surface area contributed by atoms with Crippen LogP contribution in [0.25, 0.3) is 22.3 Å². The fourth-order valence-corrected chi connectivity index (χ4v) is 4.75. The largest absolute Gasteiger partial charge is 0.665 e. The molecule has 0 atom stereocenters. The molecular formula is C36H48NO2W-. The van der Waals surface area contributed by atoms with Crippen LogP contribution in [0.5, 0.6) is 5.75 Å². The number of para-hydroxylation sites is 1. The van der Waals surface area contributed by atoms with Crippen molar-refractivity contribution in [1.82, 2.24) is 4.98 Å². The van der Waals surface area contributed by atoms with Gasteiger partial charge in [0.05, 0.1) is 0 Å². The van der Waals surface area contributed by atoms with E-state index < -0.39 is 18.1 Å². The van der Waals surface area contributed by atoms with Gasteiger partial charge >= 0.3 is 32.8 Å². The van der Waals surface area contributed by atoms with E-state index in [1.807, 2.05) is 51.1 Å². The molecule has 0 fully saturated rings. The molecule has 0 saturated carbocycles. The third-order valence-electron chi connectivity index (χ3n) is 6.44. The molecule has 3 aromatic carbocycles. The second kappa shape index (κ2) is 17.7. The molecule has 1 aromatic heterocycles. The summed E-state index contributed by atoms with van der Waals surface area (Å²) in [7, 11) is 0. The van der Waals surface area contributed by atoms with Crippen molar-refractivity contribution in [3.8, 4) is 28.0 Å². The van der Waals surface area contributed by atoms with Crippen molar-refractivity contribution in [2.45, 2.75) is 89.0 Å². The topological polar surface area (TPSA) is 51.4 Å². The summed E-state index contributed by atoms with van der Waals surface area (Å²) in [5.74, 6) is 0.368. The van der Waals surface area contributed by atoms with Gasteiger partial charge in [-0.3, -0.25) is 0 Å². The number of hydrogen-bond acceptors (Lipinski definition) is 2. The zero-order valence-corrected chi connectivity index (χ0v) is 29.3. The summed E-state index contributed by atoms with van der Waals surface area (Å²) in [5, 5.41) is 11.1. The molecule has 4 aromatic rings. The van der Waals surface area contributed by atoms with Crippen molar-refractivity contribution in [3.05, 3.63) is 99.4 Å². The van der Waals surface area contributed by atoms with E-state index in [2.05, 4.69) is 84.6 Å². The normalized spacial score (nSPS) is 9.78. The quantitative estimate of drug-likeness (QED) is 0.230. The number of phenolic OH excluding ortho intramolecular Hbond substituents is 1. The number of benzene rings is 3. The van der Waals surface area contributed by atoms with Gasteiger partial charge in [-0.1, -0.05) is 106 Å². The van der Waals surface area contributed by atoms with E-state index in [0.717, 1.165) is 33.6 Å². The van der Waals surface area contributed by atoms with E-state index in [9.17, 15) is 8.50 Å². The van der Waals surface area contributed by atoms with Gasteiger partial charge in [-0.05, 0) is 74.9 Å². The third kappa shape index (κ3) is 10.6. The number of aromatic hydroxyl groups is 1. The molecule has 4 rings (SSSR count). The SMILES string of the molecule is CCCC.C[CH]=[W]=[O].Cc1cc(C)c(-c2cccc(-c3c(C)cc(C)cc3C)c2O)c(C)c1.Cc1ccc(C)[n-]1. The van der Waals surface area contributed by atoms with E-state index >= 15 is 0 Å². The van der Waals surface area contributed by atoms with Crippen molar-refractivity contribution in [2.75, 3.05) is 0 Å². The Morgan fingerprint density at radius 3 is 1.23 bits per heavy atom. The molecule has 4 heteroatoms. The van der Waals surface area contributed by atoms with Gasteiger partial charge in [-0.2, -0.15) is 11.4 Å². The van der Waals surface area contributed by atoms with Gasteiger partial charge in [0.1, 0.15) is 5.75 Å². The first-order chi connectivity index (χ1) is 18.9. The summed E-state index contributed by atoms with van der Waals surface area (Å²) in [4.78, 5) is 4.11. The molecule has 0 aliphatic heterocycles. The maximum atomic E-state index is 11.1. The molecule has 0 aliphatic rings. The van der Waals surface area contributed by atoms with E-state index in [0.29, 0.717) is 5.75 Å². The molecular weight excluding hydrogens is 662 g/mol. The maximum absolute atomic E-state index is 11.1. The Morgan fingerprint density at radius 2 is 1.00 bits per heavy atom. The first-order valence-electron chi connectivity index (χ1n) is 14.0. The Labute approximate surface area is 251 Å². The number of nitrogens with zero attached hydrogens (tertiary/aromatic N) is 1. The smallest absolute Gasteiger partial charge is 0.131 e. The zero-order valence-electron chi connectivity index (χ0n) is 26.4. The molecule has 0 amide bonds. The molecule has 1 N–H and O–H groups in total. The Kier molecular flexibility index (Phi) is 15.6. The minimum atomic E-state index is -1.13. The number of aryl methyl sites for hydroxylation is 8. The number of hydrogen-bond donors (Lipinski definition) is 1. The van der Waals surface area contributed by atoms with Crippen LogP contribution in [0.4, 0.5) is 0 Å². The number of unbranched alkanes of at least 4 members (excludes halogenated alkanes) is 1. The Balaban J connectivity index is 0.000000436. The minimum absolute atomic E-state index is 0.368. The molecule has 216 valence electrons. The van der Waals surface area contributed by atoms with Crippen molar-refractivity contribution >= 4 is 4.40 Å². The molecule has 0 saturated heterocycles. The molecule has 0 bridgehead atoms. The second-order valence-corrected chi connectivity index (χ2v) is 12.7. The van der Waals surface area contributed by atoms with Crippen LogP contribution in [0.2, 0.25) is 0 Å². The van der Waals surface area contributed by atoms with Gasteiger partial charge in [0.2, 0.25) is 0 Å². The average Bonchev–Trinajstić information content (AvgIpc) is 3.27. The molecule has 0 spiro atoms. The first-order valence-corrected chi connectivity index (χ1v) is 16.9. The Hall–Kier alpha value is -2.90. The van der Waals surface area contributed by atoms with Gasteiger partial charge < -0.3 is 10.1 Å². The molecule has 3 nitrogen and oxygen atoms in total. The number of aromatic nitrogens is 1. The molecule has 40 heavy (non-hydrogen) atoms. The standard InChI is InChI=1S/C24H26O.C6H8N.C4H10.C2H4.O.W/c1-14-10-16(3)22(17(4)11-14)20-8-7-9-21(24(20)25)23-18(5)12-15(2)13-19(23)6;1-5-3-4-6(2)7-5;1-3-4-2;1-2;;/h7-13,25H,1-6H3;3-4H,1-2H3;3-4H2,1-2H3;1H,2H3;;/q;-1;;;;. The van der Waals surface area contributed by atoms with Crippen LogP contribution in [0, 0.1) is 55.4 Å². The van der Waals surface area contributed by atoms with Crippen LogP contribution < -0.4 is 4.98 Å². The van der Waals surface area contributed by atoms with Crippen LogP contribution in [0.3, 0.4) is 0 Å². The van der Waals surface area contributed by atoms with Crippen LogP contribution in [0.15, 0.2) is 54.6 Å². The summed E-state index contributed by atoms with van der Waals surface area (Å²) >= 11 is -1.13. The van der Waals surface area contributed by atoms with Crippen LogP contribution in [-0.2, 0) is 21.5 Å². The van der Waals surface area contributed by atoms with E-state index in [4.69, 9.17) is 0 Å². The summed E-state index contributed by atoms with van der Waals surface area (Å²) in [6, 6.07) is 18.8. The van der Waals surface area contributed by atoms with Crippen molar-refractivity contribution in [1.29, 1.82) is 0 Å². The minimum Gasteiger partial charge on any atom is -0.665 e. The molecule has 0 aliphatic carbocycles. The van der Waals surface area contributed by atoms with E-state index in [1.165, 1.54) is 46.2 Å². The molecule has 0 unspecified atom stereocenters. The van der Waals surface area contributed by atoms with Gasteiger partial charge in [-0.15, -0.1) is 0 Å². The molecule has 0 radical (unpaired) electrons. The maximum Gasteiger partial charge on any atom is 0.131 e. The average molecular weight is 711 g/mol. The van der Waals surface area contributed by atoms with Gasteiger partial charge in [-0.25, -0.2) is 0 Å². The number of phenols is 1. The summed E-state index contributed by atoms with van der Waals surface area (Å²) in [5.41, 5.74) is 13.6. The fraction of sp³-hybridized carbons (Fsp3) is 0.361. The first kappa shape index (κ1) is 35.1. The van der Waals surface area contributed by atoms with Crippen molar-refractivity contribution < 1.29 is 26.6 Å². The predicted molar refractivity (Wildman–Crippen MR) is 170 cm³/mol. The third-order valence-corrected chi connectivity index (χ3v) is 7.13. The monoisotopic (exact) mass is 710 g/mol. The fourth-order valence-electron chi connectivity index (χ4n) is 4.75. The summed E-state index contributed by atoms with van der Waals surface area (Å²) in [6.45, 7) is 22.8. The van der Waals surface area contributed by atoms with Crippen LogP contribution in [-0.4, -0.2) is 9.51 Å². The van der Waals surface area contributed by atoms with Gasteiger partial charge in [0.25, 0.3) is 0 Å². The second-order valence-electron chi connectivity index (χ2n) is 10.3. The van der Waals surface area contributed by atoms with Gasteiger partial charge in [0.15, 0.2) is 0 Å². The van der Waals surface area contributed by atoms with Crippen LogP contribution >= 0.6 is 0 Å². The van der Waals surface area contributed by atoms with Crippen LogP contribution in [0.1, 0.15) is 78.4 Å². The summed E-state index contributed by atoms with van der Waals surface area (Å²) < 4.78 is 11.1. The Morgan fingerprint density at radius 1 is 0.675 bits per heavy atom. The van der Waals surface area contributed by atoms with E-state index in [-0.39, 0.29) is 0 Å². The van der Waals surface area contributed by atoms with Gasteiger partial charge in [0, 0.05) is 11.1 Å². The van der Waals surface area contributed by atoms with E-state index in [1.54, 1.807) is 4.40 Å².